The summed E-state index contributed by atoms with van der Waals surface area (Å²) in [5.74, 6) is 0.442. The van der Waals surface area contributed by atoms with Crippen molar-refractivity contribution in [1.29, 1.82) is 0 Å². The monoisotopic (exact) mass is 242 g/mol. The molecule has 0 aliphatic rings. The lowest BCUT2D eigenvalue weighted by molar-refractivity contribution is 0.0956. The molecule has 0 saturated carbocycles. The van der Waals surface area contributed by atoms with Crippen LogP contribution in [-0.2, 0) is 0 Å². The zero-order chi connectivity index (χ0) is 12.1. The number of hydrogen-bond donors (Lipinski definition) is 1. The molecular formula is C12H15ClO3. The van der Waals surface area contributed by atoms with Gasteiger partial charge in [-0.2, -0.15) is 0 Å². The number of halogens is 1. The Morgan fingerprint density at radius 2 is 2.19 bits per heavy atom. The summed E-state index contributed by atoms with van der Waals surface area (Å²) in [5, 5.41) is 9.08. The van der Waals surface area contributed by atoms with Gasteiger partial charge < -0.3 is 9.84 Å². The van der Waals surface area contributed by atoms with Crippen LogP contribution in [0.2, 0.25) is 5.02 Å². The molecule has 0 atom stereocenters. The van der Waals surface area contributed by atoms with Crippen molar-refractivity contribution in [3.63, 3.8) is 0 Å². The molecule has 1 N–H and O–H groups in total. The minimum atomic E-state index is -0.152. The number of ketones is 1. The first-order valence-electron chi connectivity index (χ1n) is 5.15. The van der Waals surface area contributed by atoms with Crippen LogP contribution in [0.4, 0.5) is 0 Å². The molecule has 0 bridgehead atoms. The molecule has 4 heteroatoms. The van der Waals surface area contributed by atoms with Crippen LogP contribution in [-0.4, -0.2) is 23.6 Å². The Morgan fingerprint density at radius 3 is 2.69 bits per heavy atom. The molecule has 0 fully saturated rings. The second-order valence-corrected chi connectivity index (χ2v) is 4.12. The van der Waals surface area contributed by atoms with Crippen molar-refractivity contribution in [3.8, 4) is 5.75 Å². The van der Waals surface area contributed by atoms with E-state index in [2.05, 4.69) is 0 Å². The zero-order valence-electron chi connectivity index (χ0n) is 9.37. The van der Waals surface area contributed by atoms with Gasteiger partial charge in [0.05, 0.1) is 17.7 Å². The van der Waals surface area contributed by atoms with Crippen LogP contribution in [0.5, 0.6) is 5.75 Å². The summed E-state index contributed by atoms with van der Waals surface area (Å²) < 4.78 is 5.45. The predicted molar refractivity (Wildman–Crippen MR) is 63.2 cm³/mol. The van der Waals surface area contributed by atoms with E-state index in [0.717, 1.165) is 0 Å². The SMILES string of the molecule is CC(C)Oc1ccc(C(=O)CCO)cc1Cl. The Morgan fingerprint density at radius 1 is 1.50 bits per heavy atom. The Kier molecular flexibility index (Phi) is 4.77. The maximum atomic E-state index is 11.5. The highest BCUT2D eigenvalue weighted by Crippen LogP contribution is 2.26. The Balaban J connectivity index is 2.86. The minimum absolute atomic E-state index is 0.0384. The fourth-order valence-electron chi connectivity index (χ4n) is 1.27. The second kappa shape index (κ2) is 5.87. The summed E-state index contributed by atoms with van der Waals surface area (Å²) >= 11 is 5.98. The number of benzene rings is 1. The number of aliphatic hydroxyl groups excluding tert-OH is 1. The van der Waals surface area contributed by atoms with Gasteiger partial charge in [-0.05, 0) is 32.0 Å². The van der Waals surface area contributed by atoms with Crippen molar-refractivity contribution in [2.24, 2.45) is 0 Å². The van der Waals surface area contributed by atoms with Crippen molar-refractivity contribution in [2.45, 2.75) is 26.4 Å². The highest BCUT2D eigenvalue weighted by Gasteiger charge is 2.09. The van der Waals surface area contributed by atoms with Gasteiger partial charge in [0.1, 0.15) is 5.75 Å². The van der Waals surface area contributed by atoms with Crippen LogP contribution in [0.25, 0.3) is 0 Å². The molecular weight excluding hydrogens is 228 g/mol. The Labute approximate surface area is 100.0 Å². The van der Waals surface area contributed by atoms with E-state index >= 15 is 0 Å². The number of rotatable bonds is 5. The van der Waals surface area contributed by atoms with Gasteiger partial charge >= 0.3 is 0 Å². The fourth-order valence-corrected chi connectivity index (χ4v) is 1.49. The van der Waals surface area contributed by atoms with Gasteiger partial charge in [-0.25, -0.2) is 0 Å². The van der Waals surface area contributed by atoms with Gasteiger partial charge in [-0.3, -0.25) is 4.79 Å². The first-order chi connectivity index (χ1) is 7.54. The van der Waals surface area contributed by atoms with E-state index in [9.17, 15) is 4.79 Å². The van der Waals surface area contributed by atoms with Crippen LogP contribution in [0, 0.1) is 0 Å². The lowest BCUT2D eigenvalue weighted by Crippen LogP contribution is -2.07. The molecule has 88 valence electrons. The summed E-state index contributed by atoms with van der Waals surface area (Å²) in [4.78, 5) is 11.5. The molecule has 0 saturated heterocycles. The van der Waals surface area contributed by atoms with Crippen molar-refractivity contribution in [3.05, 3.63) is 28.8 Å². The number of Topliss-reactive ketones (excluding diaryl/α,β-unsaturated/α-hetero) is 1. The maximum absolute atomic E-state index is 11.5. The van der Waals surface area contributed by atoms with E-state index in [1.54, 1.807) is 18.2 Å². The average Bonchev–Trinajstić information content (AvgIpc) is 2.20. The van der Waals surface area contributed by atoms with Gasteiger partial charge in [0.25, 0.3) is 0 Å². The third-order valence-electron chi connectivity index (χ3n) is 1.96. The molecule has 16 heavy (non-hydrogen) atoms. The number of carbonyl (C=O) groups excluding carboxylic acids is 1. The van der Waals surface area contributed by atoms with Crippen molar-refractivity contribution in [1.82, 2.24) is 0 Å². The van der Waals surface area contributed by atoms with Crippen LogP contribution in [0.1, 0.15) is 30.6 Å². The van der Waals surface area contributed by atoms with E-state index < -0.39 is 0 Å². The average molecular weight is 243 g/mol. The van der Waals surface area contributed by atoms with E-state index in [0.29, 0.717) is 16.3 Å². The predicted octanol–water partition coefficient (Wildman–Crippen LogP) is 2.69. The van der Waals surface area contributed by atoms with Crippen LogP contribution >= 0.6 is 11.6 Å². The highest BCUT2D eigenvalue weighted by atomic mass is 35.5. The molecule has 1 aromatic rings. The van der Waals surface area contributed by atoms with E-state index in [4.69, 9.17) is 21.4 Å². The lowest BCUT2D eigenvalue weighted by Gasteiger charge is -2.11. The van der Waals surface area contributed by atoms with Crippen LogP contribution in [0.3, 0.4) is 0 Å². The third kappa shape index (κ3) is 3.51. The third-order valence-corrected chi connectivity index (χ3v) is 2.25. The normalized spacial score (nSPS) is 10.6. The fraction of sp³-hybridized carbons (Fsp3) is 0.417. The molecule has 0 spiro atoms. The molecule has 1 rings (SSSR count). The van der Waals surface area contributed by atoms with Gasteiger partial charge in [0, 0.05) is 12.0 Å². The summed E-state index contributed by atoms with van der Waals surface area (Å²) in [6.45, 7) is 3.66. The van der Waals surface area contributed by atoms with Crippen LogP contribution < -0.4 is 4.74 Å². The molecule has 0 amide bonds. The van der Waals surface area contributed by atoms with E-state index in [-0.39, 0.29) is 24.9 Å². The number of ether oxygens (including phenoxy) is 1. The largest absolute Gasteiger partial charge is 0.489 e. The molecule has 0 aliphatic carbocycles. The van der Waals surface area contributed by atoms with Crippen LogP contribution in [0.15, 0.2) is 18.2 Å². The number of carbonyl (C=O) groups is 1. The van der Waals surface area contributed by atoms with Gasteiger partial charge in [0.15, 0.2) is 5.78 Å². The molecule has 3 nitrogen and oxygen atoms in total. The molecule has 0 aliphatic heterocycles. The number of aliphatic hydroxyl groups is 1. The molecule has 1 aromatic carbocycles. The molecule has 0 heterocycles. The molecule has 0 unspecified atom stereocenters. The summed E-state index contributed by atoms with van der Waals surface area (Å²) in [6, 6.07) is 4.89. The van der Waals surface area contributed by atoms with E-state index in [1.165, 1.54) is 0 Å². The smallest absolute Gasteiger partial charge is 0.165 e. The minimum Gasteiger partial charge on any atom is -0.489 e. The first-order valence-corrected chi connectivity index (χ1v) is 5.52. The van der Waals surface area contributed by atoms with E-state index in [1.807, 2.05) is 13.8 Å². The summed E-state index contributed by atoms with van der Waals surface area (Å²) in [6.07, 6.45) is 0.150. The van der Waals surface area contributed by atoms with Gasteiger partial charge in [-0.15, -0.1) is 0 Å². The topological polar surface area (TPSA) is 46.5 Å². The summed E-state index contributed by atoms with van der Waals surface area (Å²) in [7, 11) is 0. The molecule has 0 aromatic heterocycles. The quantitative estimate of drug-likeness (QED) is 0.808. The standard InChI is InChI=1S/C12H15ClO3/c1-8(2)16-12-4-3-9(7-10(12)13)11(15)5-6-14/h3-4,7-8,14H,5-6H2,1-2H3. The van der Waals surface area contributed by atoms with Crippen molar-refractivity contribution >= 4 is 17.4 Å². The maximum Gasteiger partial charge on any atom is 0.165 e. The highest BCUT2D eigenvalue weighted by molar-refractivity contribution is 6.32. The first kappa shape index (κ1) is 13.0. The van der Waals surface area contributed by atoms with Crippen molar-refractivity contribution < 1.29 is 14.6 Å². The molecule has 0 radical (unpaired) electrons. The second-order valence-electron chi connectivity index (χ2n) is 3.71. The number of hydrogen-bond acceptors (Lipinski definition) is 3. The lowest BCUT2D eigenvalue weighted by atomic mass is 10.1. The van der Waals surface area contributed by atoms with Gasteiger partial charge in [-0.1, -0.05) is 11.6 Å². The van der Waals surface area contributed by atoms with Gasteiger partial charge in [0.2, 0.25) is 0 Å². The Hall–Kier alpha value is -1.06. The Bertz CT molecular complexity index is 375. The zero-order valence-corrected chi connectivity index (χ0v) is 10.1. The summed E-state index contributed by atoms with van der Waals surface area (Å²) in [5.41, 5.74) is 0.496. The van der Waals surface area contributed by atoms with Crippen molar-refractivity contribution in [2.75, 3.05) is 6.61 Å².